The van der Waals surface area contributed by atoms with Gasteiger partial charge in [-0.05, 0) is 55.7 Å². The highest BCUT2D eigenvalue weighted by Crippen LogP contribution is 2.34. The van der Waals surface area contributed by atoms with Gasteiger partial charge in [-0.2, -0.15) is 0 Å². The van der Waals surface area contributed by atoms with Crippen LogP contribution in [0.15, 0.2) is 35.9 Å². The van der Waals surface area contributed by atoms with Gasteiger partial charge in [0.1, 0.15) is 18.0 Å². The zero-order valence-electron chi connectivity index (χ0n) is 16.6. The number of benzene rings is 1. The maximum atomic E-state index is 12.6. The maximum Gasteiger partial charge on any atom is 0.338 e. The lowest BCUT2D eigenvalue weighted by Crippen LogP contribution is -2.40. The number of hydrogen-bond acceptors (Lipinski definition) is 6. The first-order valence-corrected chi connectivity index (χ1v) is 9.75. The molecule has 1 aromatic carbocycles. The number of rotatable bonds is 4. The smallest absolute Gasteiger partial charge is 0.338 e. The molecule has 1 fully saturated rings. The van der Waals surface area contributed by atoms with E-state index in [2.05, 4.69) is 0 Å². The van der Waals surface area contributed by atoms with Crippen molar-refractivity contribution in [3.05, 3.63) is 41.5 Å². The van der Waals surface area contributed by atoms with Gasteiger partial charge >= 0.3 is 5.97 Å². The van der Waals surface area contributed by atoms with Crippen LogP contribution in [0.5, 0.6) is 5.75 Å². The molecule has 3 rings (SSSR count). The van der Waals surface area contributed by atoms with E-state index < -0.39 is 23.6 Å². The van der Waals surface area contributed by atoms with Gasteiger partial charge in [-0.1, -0.05) is 13.8 Å². The highest BCUT2D eigenvalue weighted by molar-refractivity contribution is 5.96. The first kappa shape index (κ1) is 20.6. The Balaban J connectivity index is 1.67. The van der Waals surface area contributed by atoms with Crippen molar-refractivity contribution in [2.45, 2.75) is 65.0 Å². The molecular formula is C22H28O6. The van der Waals surface area contributed by atoms with E-state index in [0.717, 1.165) is 19.3 Å². The molecule has 0 spiro atoms. The van der Waals surface area contributed by atoms with Crippen molar-refractivity contribution in [2.24, 2.45) is 5.41 Å². The molecule has 3 atom stereocenters. The molecule has 1 aromatic rings. The van der Waals surface area contributed by atoms with Crippen LogP contribution in [0.3, 0.4) is 0 Å². The number of ether oxygens (including phenoxy) is 3. The molecule has 1 N–H and O–H groups in total. The van der Waals surface area contributed by atoms with E-state index in [1.54, 1.807) is 45.0 Å². The van der Waals surface area contributed by atoms with Crippen molar-refractivity contribution >= 4 is 11.8 Å². The third kappa shape index (κ3) is 4.80. The van der Waals surface area contributed by atoms with Gasteiger partial charge < -0.3 is 19.3 Å². The van der Waals surface area contributed by atoms with Gasteiger partial charge in [0.2, 0.25) is 0 Å². The van der Waals surface area contributed by atoms with E-state index in [1.165, 1.54) is 6.08 Å². The Kier molecular flexibility index (Phi) is 6.20. The van der Waals surface area contributed by atoms with Crippen LogP contribution in [0.2, 0.25) is 0 Å². The summed E-state index contributed by atoms with van der Waals surface area (Å²) < 4.78 is 16.8. The number of hydrogen-bond donors (Lipinski definition) is 1. The molecule has 6 heteroatoms. The molecule has 3 unspecified atom stereocenters. The van der Waals surface area contributed by atoms with Gasteiger partial charge in [-0.15, -0.1) is 0 Å². The lowest BCUT2D eigenvalue weighted by molar-refractivity contribution is -0.119. The number of aliphatic hydroxyl groups excluding tert-OH is 1. The lowest BCUT2D eigenvalue weighted by atomic mass is 9.80. The number of aliphatic hydroxyl groups is 1. The summed E-state index contributed by atoms with van der Waals surface area (Å²) in [7, 11) is 0. The second-order valence-corrected chi connectivity index (χ2v) is 8.19. The van der Waals surface area contributed by atoms with Crippen LogP contribution >= 0.6 is 0 Å². The fourth-order valence-corrected chi connectivity index (χ4v) is 3.45. The minimum atomic E-state index is -0.969. The highest BCUT2D eigenvalue weighted by atomic mass is 16.7. The molecule has 0 radical (unpaired) electrons. The van der Waals surface area contributed by atoms with E-state index in [9.17, 15) is 14.7 Å². The molecule has 1 aliphatic carbocycles. The van der Waals surface area contributed by atoms with Crippen molar-refractivity contribution in [1.29, 1.82) is 0 Å². The van der Waals surface area contributed by atoms with Crippen LogP contribution in [0.25, 0.3) is 0 Å². The average molecular weight is 388 g/mol. The molecule has 1 saturated heterocycles. The summed E-state index contributed by atoms with van der Waals surface area (Å²) in [6.07, 6.45) is 2.63. The highest BCUT2D eigenvalue weighted by Gasteiger charge is 2.40. The van der Waals surface area contributed by atoms with Crippen molar-refractivity contribution in [1.82, 2.24) is 0 Å². The predicted octanol–water partition coefficient (Wildman–Crippen LogP) is 3.42. The van der Waals surface area contributed by atoms with Crippen LogP contribution in [-0.4, -0.2) is 42.0 Å². The Morgan fingerprint density at radius 3 is 2.57 bits per heavy atom. The Labute approximate surface area is 165 Å². The predicted molar refractivity (Wildman–Crippen MR) is 103 cm³/mol. The third-order valence-electron chi connectivity index (χ3n) is 5.32. The molecule has 0 amide bonds. The Hall–Kier alpha value is -2.18. The van der Waals surface area contributed by atoms with Crippen molar-refractivity contribution in [3.63, 3.8) is 0 Å². The van der Waals surface area contributed by atoms with Gasteiger partial charge in [0.15, 0.2) is 12.1 Å². The third-order valence-corrected chi connectivity index (χ3v) is 5.32. The zero-order chi connectivity index (χ0) is 20.3. The number of carbonyl (C=O) groups is 2. The maximum absolute atomic E-state index is 12.6. The number of ketones is 1. The van der Waals surface area contributed by atoms with E-state index in [0.29, 0.717) is 23.5 Å². The Bertz CT molecular complexity index is 743. The van der Waals surface area contributed by atoms with E-state index in [4.69, 9.17) is 14.2 Å². The summed E-state index contributed by atoms with van der Waals surface area (Å²) in [6.45, 7) is 5.96. The quantitative estimate of drug-likeness (QED) is 0.796. The summed E-state index contributed by atoms with van der Waals surface area (Å²) >= 11 is 0. The standard InChI is InChI=1S/C22H28O6/c1-14-12-18(20(24)22(2,3)13-17(14)23)28-21(25)15-7-9-16(10-8-15)27-19-6-4-5-11-26-19/h7-10,12,18-20,24H,4-6,11,13H2,1-3H3. The molecule has 2 aliphatic rings. The van der Waals surface area contributed by atoms with Crippen LogP contribution < -0.4 is 4.74 Å². The summed E-state index contributed by atoms with van der Waals surface area (Å²) in [5.41, 5.74) is 0.163. The van der Waals surface area contributed by atoms with Gasteiger partial charge in [0, 0.05) is 18.3 Å². The Morgan fingerprint density at radius 2 is 1.93 bits per heavy atom. The SMILES string of the molecule is CC1=CC(OC(=O)c2ccc(OC3CCCCO3)cc2)C(O)C(C)(C)CC1=O. The number of allylic oxidation sites excluding steroid dienone is 1. The van der Waals surface area contributed by atoms with Gasteiger partial charge in [0.25, 0.3) is 0 Å². The van der Waals surface area contributed by atoms with Crippen molar-refractivity contribution < 1.29 is 28.9 Å². The summed E-state index contributed by atoms with van der Waals surface area (Å²) in [4.78, 5) is 24.7. The lowest BCUT2D eigenvalue weighted by Gasteiger charge is -2.32. The van der Waals surface area contributed by atoms with Crippen LogP contribution in [0, 0.1) is 5.41 Å². The van der Waals surface area contributed by atoms with Crippen molar-refractivity contribution in [3.8, 4) is 5.75 Å². The number of Topliss-reactive ketones (excluding diaryl/α,β-unsaturated/α-hetero) is 1. The molecular weight excluding hydrogens is 360 g/mol. The first-order valence-electron chi connectivity index (χ1n) is 9.75. The van der Waals surface area contributed by atoms with E-state index in [1.807, 2.05) is 0 Å². The zero-order valence-corrected chi connectivity index (χ0v) is 16.6. The topological polar surface area (TPSA) is 82.1 Å². The van der Waals surface area contributed by atoms with Crippen LogP contribution in [0.4, 0.5) is 0 Å². The van der Waals surface area contributed by atoms with Crippen LogP contribution in [0.1, 0.15) is 56.8 Å². The first-order chi connectivity index (χ1) is 13.3. The number of carbonyl (C=O) groups excluding carboxylic acids is 2. The molecule has 0 aromatic heterocycles. The molecule has 0 bridgehead atoms. The number of esters is 1. The van der Waals surface area contributed by atoms with E-state index in [-0.39, 0.29) is 18.5 Å². The van der Waals surface area contributed by atoms with Gasteiger partial charge in [0.05, 0.1) is 12.2 Å². The molecule has 28 heavy (non-hydrogen) atoms. The van der Waals surface area contributed by atoms with Gasteiger partial charge in [-0.25, -0.2) is 4.79 Å². The fourth-order valence-electron chi connectivity index (χ4n) is 3.45. The summed E-state index contributed by atoms with van der Waals surface area (Å²) in [5, 5.41) is 10.6. The second-order valence-electron chi connectivity index (χ2n) is 8.19. The molecule has 0 saturated carbocycles. The summed E-state index contributed by atoms with van der Waals surface area (Å²) in [5.74, 6) is 0.0215. The van der Waals surface area contributed by atoms with Crippen LogP contribution in [-0.2, 0) is 14.3 Å². The van der Waals surface area contributed by atoms with E-state index >= 15 is 0 Å². The Morgan fingerprint density at radius 1 is 1.21 bits per heavy atom. The minimum Gasteiger partial charge on any atom is -0.465 e. The normalized spacial score (nSPS) is 27.5. The molecule has 1 aliphatic heterocycles. The molecule has 6 nitrogen and oxygen atoms in total. The average Bonchev–Trinajstić information content (AvgIpc) is 2.73. The summed E-state index contributed by atoms with van der Waals surface area (Å²) in [6, 6.07) is 6.64. The minimum absolute atomic E-state index is 0.0472. The molecule has 1 heterocycles. The largest absolute Gasteiger partial charge is 0.465 e. The van der Waals surface area contributed by atoms with Gasteiger partial charge in [-0.3, -0.25) is 4.79 Å². The fraction of sp³-hybridized carbons (Fsp3) is 0.545. The molecule has 152 valence electrons. The van der Waals surface area contributed by atoms with Crippen molar-refractivity contribution in [2.75, 3.05) is 6.61 Å². The monoisotopic (exact) mass is 388 g/mol. The second kappa shape index (κ2) is 8.45.